The molecule has 0 saturated carbocycles. The maximum Gasteiger partial charge on any atom is 0.163 e. The highest BCUT2D eigenvalue weighted by Crippen LogP contribution is 2.44. The van der Waals surface area contributed by atoms with Crippen molar-refractivity contribution >= 4 is 17.2 Å². The third-order valence-corrected chi connectivity index (χ3v) is 6.60. The molecule has 0 saturated heterocycles. The molecular formula is C28H28N2O. The van der Waals surface area contributed by atoms with Crippen LogP contribution in [-0.2, 0) is 4.79 Å². The van der Waals surface area contributed by atoms with Gasteiger partial charge in [0.05, 0.1) is 17.4 Å². The number of fused-ring (bicyclic) bond motifs is 1. The third-order valence-electron chi connectivity index (χ3n) is 6.60. The fourth-order valence-corrected chi connectivity index (χ4v) is 4.87. The average molecular weight is 409 g/mol. The second kappa shape index (κ2) is 7.73. The van der Waals surface area contributed by atoms with Gasteiger partial charge < -0.3 is 10.6 Å². The number of ketones is 1. The van der Waals surface area contributed by atoms with Crippen LogP contribution in [0.1, 0.15) is 52.6 Å². The summed E-state index contributed by atoms with van der Waals surface area (Å²) in [5.41, 5.74) is 10.0. The molecule has 3 heteroatoms. The number of carbonyl (C=O) groups is 1. The Morgan fingerprint density at radius 3 is 2.29 bits per heavy atom. The smallest absolute Gasteiger partial charge is 0.163 e. The lowest BCUT2D eigenvalue weighted by molar-refractivity contribution is -0.116. The van der Waals surface area contributed by atoms with E-state index in [-0.39, 0.29) is 17.7 Å². The first-order valence-electron chi connectivity index (χ1n) is 11.0. The molecule has 2 aliphatic rings. The molecule has 0 spiro atoms. The molecule has 31 heavy (non-hydrogen) atoms. The van der Waals surface area contributed by atoms with Crippen LogP contribution < -0.4 is 10.6 Å². The Kier molecular flexibility index (Phi) is 4.90. The lowest BCUT2D eigenvalue weighted by Crippen LogP contribution is -2.27. The molecule has 0 bridgehead atoms. The summed E-state index contributed by atoms with van der Waals surface area (Å²) in [6, 6.07) is 23.2. The van der Waals surface area contributed by atoms with Crippen LogP contribution in [-0.4, -0.2) is 5.78 Å². The van der Waals surface area contributed by atoms with Gasteiger partial charge in [-0.15, -0.1) is 0 Å². The van der Waals surface area contributed by atoms with E-state index in [4.69, 9.17) is 0 Å². The van der Waals surface area contributed by atoms with Gasteiger partial charge in [-0.05, 0) is 61.9 Å². The Morgan fingerprint density at radius 1 is 0.806 bits per heavy atom. The van der Waals surface area contributed by atoms with Crippen molar-refractivity contribution in [2.75, 3.05) is 10.6 Å². The van der Waals surface area contributed by atoms with Crippen LogP contribution >= 0.6 is 0 Å². The van der Waals surface area contributed by atoms with E-state index in [2.05, 4.69) is 86.0 Å². The molecule has 0 radical (unpaired) electrons. The highest BCUT2D eigenvalue weighted by molar-refractivity contribution is 6.01. The minimum atomic E-state index is -0.155. The number of rotatable bonds is 2. The minimum Gasteiger partial charge on any atom is -0.372 e. The minimum absolute atomic E-state index is 0.155. The van der Waals surface area contributed by atoms with Gasteiger partial charge in [0.2, 0.25) is 0 Å². The van der Waals surface area contributed by atoms with Gasteiger partial charge in [-0.3, -0.25) is 4.79 Å². The monoisotopic (exact) mass is 408 g/mol. The Hall–Kier alpha value is -3.33. The number of hydrogen-bond donors (Lipinski definition) is 2. The number of Topliss-reactive ketones (excluding diaryl/α,β-unsaturated/α-hetero) is 1. The average Bonchev–Trinajstić information content (AvgIpc) is 2.92. The number of nitrogens with one attached hydrogen (secondary N) is 2. The Labute approximate surface area is 184 Å². The predicted octanol–water partition coefficient (Wildman–Crippen LogP) is 6.59. The molecule has 3 nitrogen and oxygen atoms in total. The van der Waals surface area contributed by atoms with Crippen molar-refractivity contribution in [3.63, 3.8) is 0 Å². The van der Waals surface area contributed by atoms with Crippen molar-refractivity contribution in [1.29, 1.82) is 0 Å². The normalized spacial score (nSPS) is 20.3. The lowest BCUT2D eigenvalue weighted by Gasteiger charge is -2.30. The number of allylic oxidation sites excluding steroid dienone is 1. The maximum atomic E-state index is 13.6. The summed E-state index contributed by atoms with van der Waals surface area (Å²) in [7, 11) is 0. The van der Waals surface area contributed by atoms with Gasteiger partial charge in [0.25, 0.3) is 0 Å². The Bertz CT molecular complexity index is 1190. The van der Waals surface area contributed by atoms with Crippen LogP contribution in [0.25, 0.3) is 0 Å². The SMILES string of the molecule is Cc1ccc([C@@H]2CC(=O)C3=C(C2)Nc2ccccc2N[C@H]3c2cc(C)ccc2C)cc1. The predicted molar refractivity (Wildman–Crippen MR) is 128 cm³/mol. The van der Waals surface area contributed by atoms with E-state index in [1.54, 1.807) is 0 Å². The standard InChI is InChI=1S/C28H28N2O/c1-17-9-12-20(13-10-17)21-15-25-27(26(31)16-21)28(22-14-18(2)8-11-19(22)3)30-24-7-5-4-6-23(24)29-25/h4-14,21,28-30H,15-16H2,1-3H3/t21-,28-/m0/s1. The van der Waals surface area contributed by atoms with Crippen molar-refractivity contribution in [3.8, 4) is 0 Å². The summed E-state index contributed by atoms with van der Waals surface area (Å²) in [5.74, 6) is 0.425. The number of anilines is 2. The number of hydrogen-bond acceptors (Lipinski definition) is 3. The highest BCUT2D eigenvalue weighted by Gasteiger charge is 2.36. The van der Waals surface area contributed by atoms with E-state index >= 15 is 0 Å². The van der Waals surface area contributed by atoms with Crippen LogP contribution in [0, 0.1) is 20.8 Å². The molecule has 1 aliphatic carbocycles. The first-order chi connectivity index (χ1) is 15.0. The molecule has 2 atom stereocenters. The van der Waals surface area contributed by atoms with E-state index in [1.807, 2.05) is 12.1 Å². The summed E-state index contributed by atoms with van der Waals surface area (Å²) in [6.45, 7) is 6.33. The van der Waals surface area contributed by atoms with Crippen LogP contribution in [0.3, 0.4) is 0 Å². The first-order valence-corrected chi connectivity index (χ1v) is 11.0. The van der Waals surface area contributed by atoms with Crippen molar-refractivity contribution in [3.05, 3.63) is 106 Å². The van der Waals surface area contributed by atoms with Crippen LogP contribution in [0.2, 0.25) is 0 Å². The molecule has 5 rings (SSSR count). The summed E-state index contributed by atoms with van der Waals surface area (Å²) in [6.07, 6.45) is 1.38. The fourth-order valence-electron chi connectivity index (χ4n) is 4.87. The highest BCUT2D eigenvalue weighted by atomic mass is 16.1. The van der Waals surface area contributed by atoms with Crippen molar-refractivity contribution < 1.29 is 4.79 Å². The van der Waals surface area contributed by atoms with Crippen LogP contribution in [0.4, 0.5) is 11.4 Å². The van der Waals surface area contributed by atoms with E-state index < -0.39 is 0 Å². The van der Waals surface area contributed by atoms with E-state index in [0.717, 1.165) is 29.1 Å². The zero-order valence-corrected chi connectivity index (χ0v) is 18.3. The number of carbonyl (C=O) groups excluding carboxylic acids is 1. The molecule has 2 N–H and O–H groups in total. The number of para-hydroxylation sites is 2. The molecule has 0 amide bonds. The van der Waals surface area contributed by atoms with Crippen molar-refractivity contribution in [2.24, 2.45) is 0 Å². The number of aryl methyl sites for hydroxylation is 3. The molecule has 0 fully saturated rings. The zero-order valence-electron chi connectivity index (χ0n) is 18.3. The van der Waals surface area contributed by atoms with Gasteiger partial charge >= 0.3 is 0 Å². The largest absolute Gasteiger partial charge is 0.372 e. The van der Waals surface area contributed by atoms with Crippen molar-refractivity contribution in [1.82, 2.24) is 0 Å². The van der Waals surface area contributed by atoms with E-state index in [9.17, 15) is 4.79 Å². The molecule has 0 aromatic heterocycles. The Balaban J connectivity index is 1.63. The molecule has 1 heterocycles. The van der Waals surface area contributed by atoms with Gasteiger partial charge in [-0.2, -0.15) is 0 Å². The Morgan fingerprint density at radius 2 is 1.52 bits per heavy atom. The van der Waals surface area contributed by atoms with Gasteiger partial charge in [-0.1, -0.05) is 65.7 Å². The fraction of sp³-hybridized carbons (Fsp3) is 0.250. The molecule has 3 aromatic carbocycles. The quantitative estimate of drug-likeness (QED) is 0.502. The van der Waals surface area contributed by atoms with Crippen LogP contribution in [0.5, 0.6) is 0 Å². The van der Waals surface area contributed by atoms with E-state index in [0.29, 0.717) is 6.42 Å². The van der Waals surface area contributed by atoms with Gasteiger partial charge in [-0.25, -0.2) is 0 Å². The molecule has 3 aromatic rings. The lowest BCUT2D eigenvalue weighted by atomic mass is 9.78. The van der Waals surface area contributed by atoms with Gasteiger partial charge in [0.15, 0.2) is 5.78 Å². The topological polar surface area (TPSA) is 41.1 Å². The second-order valence-electron chi connectivity index (χ2n) is 8.94. The first kappa shape index (κ1) is 19.6. The molecule has 156 valence electrons. The third kappa shape index (κ3) is 3.65. The zero-order chi connectivity index (χ0) is 21.5. The maximum absolute atomic E-state index is 13.6. The second-order valence-corrected chi connectivity index (χ2v) is 8.94. The van der Waals surface area contributed by atoms with E-state index in [1.165, 1.54) is 27.8 Å². The summed E-state index contributed by atoms with van der Waals surface area (Å²) in [4.78, 5) is 13.6. The van der Waals surface area contributed by atoms with Crippen LogP contribution in [0.15, 0.2) is 78.0 Å². The molecule has 0 unspecified atom stereocenters. The summed E-state index contributed by atoms with van der Waals surface area (Å²) in [5, 5.41) is 7.33. The van der Waals surface area contributed by atoms with Crippen molar-refractivity contribution in [2.45, 2.75) is 45.6 Å². The molecule has 1 aliphatic heterocycles. The summed E-state index contributed by atoms with van der Waals surface area (Å²) >= 11 is 0. The summed E-state index contributed by atoms with van der Waals surface area (Å²) < 4.78 is 0. The molecular weight excluding hydrogens is 380 g/mol. The number of benzene rings is 3. The van der Waals surface area contributed by atoms with Gasteiger partial charge in [0.1, 0.15) is 0 Å². The van der Waals surface area contributed by atoms with Gasteiger partial charge in [0, 0.05) is 17.7 Å².